The summed E-state index contributed by atoms with van der Waals surface area (Å²) in [5, 5.41) is 2.78. The van der Waals surface area contributed by atoms with Gasteiger partial charge in [0.05, 0.1) is 12.3 Å². The van der Waals surface area contributed by atoms with Gasteiger partial charge in [0.15, 0.2) is 0 Å². The second-order valence-electron chi connectivity index (χ2n) is 2.66. The SMILES string of the molecule is CCc1ccc(CNC(=O)CS)s1. The van der Waals surface area contributed by atoms with Crippen LogP contribution in [0.1, 0.15) is 16.7 Å². The van der Waals surface area contributed by atoms with Crippen LogP contribution in [0, 0.1) is 0 Å². The molecule has 0 radical (unpaired) electrons. The smallest absolute Gasteiger partial charge is 0.230 e. The summed E-state index contributed by atoms with van der Waals surface area (Å²) in [4.78, 5) is 13.4. The van der Waals surface area contributed by atoms with Crippen LogP contribution in [0.25, 0.3) is 0 Å². The minimum absolute atomic E-state index is 0.0187. The van der Waals surface area contributed by atoms with Crippen molar-refractivity contribution in [2.45, 2.75) is 19.9 Å². The van der Waals surface area contributed by atoms with Gasteiger partial charge in [0.25, 0.3) is 0 Å². The predicted molar refractivity (Wildman–Crippen MR) is 59.4 cm³/mol. The van der Waals surface area contributed by atoms with E-state index >= 15 is 0 Å². The number of carbonyl (C=O) groups excluding carboxylic acids is 1. The van der Waals surface area contributed by atoms with Gasteiger partial charge in [0.2, 0.25) is 5.91 Å². The van der Waals surface area contributed by atoms with Crippen LogP contribution in [0.15, 0.2) is 12.1 Å². The Hall–Kier alpha value is -0.480. The number of nitrogens with one attached hydrogen (secondary N) is 1. The topological polar surface area (TPSA) is 29.1 Å². The molecule has 0 aliphatic heterocycles. The molecule has 0 bridgehead atoms. The van der Waals surface area contributed by atoms with Crippen molar-refractivity contribution < 1.29 is 4.79 Å². The van der Waals surface area contributed by atoms with Crippen LogP contribution in [0.3, 0.4) is 0 Å². The lowest BCUT2D eigenvalue weighted by Gasteiger charge is -1.99. The van der Waals surface area contributed by atoms with Crippen LogP contribution in [-0.4, -0.2) is 11.7 Å². The summed E-state index contributed by atoms with van der Waals surface area (Å²) in [6.45, 7) is 2.76. The highest BCUT2D eigenvalue weighted by molar-refractivity contribution is 7.81. The van der Waals surface area contributed by atoms with Crippen molar-refractivity contribution in [3.63, 3.8) is 0 Å². The van der Waals surface area contributed by atoms with E-state index in [1.165, 1.54) is 9.75 Å². The Morgan fingerprint density at radius 3 is 2.77 bits per heavy atom. The number of rotatable bonds is 4. The maximum Gasteiger partial charge on any atom is 0.230 e. The van der Waals surface area contributed by atoms with Gasteiger partial charge in [0, 0.05) is 9.75 Å². The highest BCUT2D eigenvalue weighted by atomic mass is 32.1. The van der Waals surface area contributed by atoms with E-state index in [9.17, 15) is 4.79 Å². The summed E-state index contributed by atoms with van der Waals surface area (Å²) >= 11 is 5.62. The molecule has 13 heavy (non-hydrogen) atoms. The molecule has 72 valence electrons. The first-order chi connectivity index (χ1) is 6.26. The average Bonchev–Trinajstić information content (AvgIpc) is 2.61. The molecule has 0 atom stereocenters. The molecule has 1 aromatic rings. The quantitative estimate of drug-likeness (QED) is 0.738. The van der Waals surface area contributed by atoms with Crippen molar-refractivity contribution in [2.24, 2.45) is 0 Å². The van der Waals surface area contributed by atoms with Gasteiger partial charge in [-0.05, 0) is 18.6 Å². The molecule has 1 rings (SSSR count). The van der Waals surface area contributed by atoms with Gasteiger partial charge in [-0.2, -0.15) is 12.6 Å². The molecular weight excluding hydrogens is 202 g/mol. The van der Waals surface area contributed by atoms with Gasteiger partial charge in [-0.15, -0.1) is 11.3 Å². The fourth-order valence-corrected chi connectivity index (χ4v) is 1.96. The normalized spacial score (nSPS) is 10.0. The first-order valence-corrected chi connectivity index (χ1v) is 5.66. The fourth-order valence-electron chi connectivity index (χ4n) is 0.949. The molecule has 4 heteroatoms. The number of hydrogen-bond donors (Lipinski definition) is 2. The fraction of sp³-hybridized carbons (Fsp3) is 0.444. The third-order valence-electron chi connectivity index (χ3n) is 1.67. The van der Waals surface area contributed by atoms with E-state index in [0.717, 1.165) is 6.42 Å². The average molecular weight is 215 g/mol. The standard InChI is InChI=1S/C9H13NOS2/c1-2-7-3-4-8(13-7)5-10-9(11)6-12/h3-4,12H,2,5-6H2,1H3,(H,10,11). The summed E-state index contributed by atoms with van der Waals surface area (Å²) in [5.41, 5.74) is 0. The number of hydrogen-bond acceptors (Lipinski definition) is 3. The second kappa shape index (κ2) is 5.29. The zero-order chi connectivity index (χ0) is 9.68. The van der Waals surface area contributed by atoms with Gasteiger partial charge >= 0.3 is 0 Å². The lowest BCUT2D eigenvalue weighted by molar-refractivity contribution is -0.118. The van der Waals surface area contributed by atoms with E-state index in [4.69, 9.17) is 0 Å². The van der Waals surface area contributed by atoms with Crippen molar-refractivity contribution >= 4 is 29.9 Å². The van der Waals surface area contributed by atoms with Crippen LogP contribution in [0.5, 0.6) is 0 Å². The largest absolute Gasteiger partial charge is 0.351 e. The monoisotopic (exact) mass is 215 g/mol. The first kappa shape index (κ1) is 10.6. The molecule has 0 spiro atoms. The maximum absolute atomic E-state index is 10.9. The summed E-state index contributed by atoms with van der Waals surface area (Å²) in [7, 11) is 0. The van der Waals surface area contributed by atoms with Crippen molar-refractivity contribution in [1.29, 1.82) is 0 Å². The number of amides is 1. The molecule has 0 fully saturated rings. The first-order valence-electron chi connectivity index (χ1n) is 4.21. The van der Waals surface area contributed by atoms with Gasteiger partial charge in [-0.3, -0.25) is 4.79 Å². The summed E-state index contributed by atoms with van der Waals surface area (Å²) in [5.74, 6) is 0.237. The number of thiol groups is 1. The Morgan fingerprint density at radius 2 is 2.23 bits per heavy atom. The van der Waals surface area contributed by atoms with E-state index in [0.29, 0.717) is 6.54 Å². The maximum atomic E-state index is 10.9. The Morgan fingerprint density at radius 1 is 1.54 bits per heavy atom. The van der Waals surface area contributed by atoms with Crippen LogP contribution in [0.2, 0.25) is 0 Å². The summed E-state index contributed by atoms with van der Waals surface area (Å²) in [6, 6.07) is 4.16. The lowest BCUT2D eigenvalue weighted by Crippen LogP contribution is -2.23. The molecule has 0 saturated carbocycles. The molecule has 2 nitrogen and oxygen atoms in total. The summed E-state index contributed by atoms with van der Waals surface area (Å²) in [6.07, 6.45) is 1.06. The Kier molecular flexibility index (Phi) is 4.32. The Labute approximate surface area is 87.8 Å². The lowest BCUT2D eigenvalue weighted by atomic mass is 10.3. The Bertz CT molecular complexity index is 283. The zero-order valence-electron chi connectivity index (χ0n) is 7.54. The number of carbonyl (C=O) groups is 1. The van der Waals surface area contributed by atoms with Gasteiger partial charge < -0.3 is 5.32 Å². The predicted octanol–water partition coefficient (Wildman–Crippen LogP) is 1.86. The van der Waals surface area contributed by atoms with Crippen molar-refractivity contribution in [1.82, 2.24) is 5.32 Å². The van der Waals surface area contributed by atoms with E-state index in [1.807, 2.05) is 0 Å². The highest BCUT2D eigenvalue weighted by Gasteiger charge is 2.00. The van der Waals surface area contributed by atoms with Crippen molar-refractivity contribution in [2.75, 3.05) is 5.75 Å². The summed E-state index contributed by atoms with van der Waals surface area (Å²) < 4.78 is 0. The van der Waals surface area contributed by atoms with Crippen LogP contribution >= 0.6 is 24.0 Å². The molecule has 1 amide bonds. The van der Waals surface area contributed by atoms with E-state index in [2.05, 4.69) is 37.0 Å². The third kappa shape index (κ3) is 3.40. The minimum Gasteiger partial charge on any atom is -0.351 e. The van der Waals surface area contributed by atoms with Gasteiger partial charge in [0.1, 0.15) is 0 Å². The zero-order valence-corrected chi connectivity index (χ0v) is 9.25. The van der Waals surface area contributed by atoms with Crippen LogP contribution in [0.4, 0.5) is 0 Å². The van der Waals surface area contributed by atoms with Crippen molar-refractivity contribution in [3.8, 4) is 0 Å². The van der Waals surface area contributed by atoms with Gasteiger partial charge in [-0.25, -0.2) is 0 Å². The molecule has 1 N–H and O–H groups in total. The molecular formula is C9H13NOS2. The van der Waals surface area contributed by atoms with Crippen molar-refractivity contribution in [3.05, 3.63) is 21.9 Å². The molecule has 0 aliphatic carbocycles. The molecule has 0 saturated heterocycles. The molecule has 0 aromatic carbocycles. The molecule has 0 unspecified atom stereocenters. The molecule has 1 heterocycles. The third-order valence-corrected chi connectivity index (χ3v) is 3.19. The van der Waals surface area contributed by atoms with E-state index < -0.39 is 0 Å². The number of thiophene rings is 1. The van der Waals surface area contributed by atoms with Crippen LogP contribution < -0.4 is 5.32 Å². The molecule has 1 aromatic heterocycles. The second-order valence-corrected chi connectivity index (χ2v) is 4.23. The number of aryl methyl sites for hydroxylation is 1. The highest BCUT2D eigenvalue weighted by Crippen LogP contribution is 2.16. The van der Waals surface area contributed by atoms with E-state index in [1.54, 1.807) is 11.3 Å². The van der Waals surface area contributed by atoms with Crippen LogP contribution in [-0.2, 0) is 17.8 Å². The van der Waals surface area contributed by atoms with Gasteiger partial charge in [-0.1, -0.05) is 6.92 Å². The molecule has 0 aliphatic rings. The van der Waals surface area contributed by atoms with E-state index in [-0.39, 0.29) is 11.7 Å². The minimum atomic E-state index is -0.0187. The Balaban J connectivity index is 2.41.